The first-order valence-corrected chi connectivity index (χ1v) is 13.2. The molecule has 1 heterocycles. The van der Waals surface area contributed by atoms with Crippen molar-refractivity contribution in [1.29, 1.82) is 0 Å². The van der Waals surface area contributed by atoms with Gasteiger partial charge in [-0.3, -0.25) is 9.10 Å². The number of rotatable bonds is 9. The number of carbonyl (C=O) groups excluding carboxylic acids is 1. The minimum atomic E-state index is -4.07. The normalized spacial score (nSPS) is 11.2. The van der Waals surface area contributed by atoms with Crippen LogP contribution in [0.2, 0.25) is 0 Å². The van der Waals surface area contributed by atoms with Crippen molar-refractivity contribution in [3.63, 3.8) is 0 Å². The Bertz CT molecular complexity index is 1510. The van der Waals surface area contributed by atoms with Crippen LogP contribution in [0.3, 0.4) is 0 Å². The Hall–Kier alpha value is -4.11. The number of nitrogens with one attached hydrogen (secondary N) is 1. The standard InChI is InChI=1S/C28H30N4O4S/c1-20-9-12-24(13-10-20)37(34,35)32(26-17-21(2)11-14-27(26)36-4)19-28(33)30-18-23-7-5-6-8-25(23)31-16-15-29-22(31)3/h5-17H,18-19H2,1-4H3,(H,30,33). The fraction of sp³-hybridized carbons (Fsp3) is 0.214. The molecule has 1 amide bonds. The van der Waals surface area contributed by atoms with Gasteiger partial charge in [0.1, 0.15) is 18.1 Å². The fourth-order valence-corrected chi connectivity index (χ4v) is 5.46. The third-order valence-corrected chi connectivity index (χ3v) is 7.83. The third kappa shape index (κ3) is 5.67. The van der Waals surface area contributed by atoms with Crippen LogP contribution in [0, 0.1) is 20.8 Å². The minimum absolute atomic E-state index is 0.0930. The topological polar surface area (TPSA) is 93.5 Å². The SMILES string of the molecule is COc1ccc(C)cc1N(CC(=O)NCc1ccccc1-n1ccnc1C)S(=O)(=O)c1ccc(C)cc1. The van der Waals surface area contributed by atoms with E-state index >= 15 is 0 Å². The summed E-state index contributed by atoms with van der Waals surface area (Å²) in [6, 6.07) is 19.4. The zero-order chi connectivity index (χ0) is 26.6. The van der Waals surface area contributed by atoms with Gasteiger partial charge in [0, 0.05) is 18.9 Å². The Morgan fingerprint density at radius 1 is 1.00 bits per heavy atom. The molecule has 0 aliphatic rings. The number of hydrogen-bond acceptors (Lipinski definition) is 5. The second kappa shape index (κ2) is 10.9. The van der Waals surface area contributed by atoms with E-state index in [1.807, 2.05) is 61.9 Å². The van der Waals surface area contributed by atoms with Crippen LogP contribution in [0.1, 0.15) is 22.5 Å². The molecule has 1 N–H and O–H groups in total. The first kappa shape index (κ1) is 26.0. The number of imidazole rings is 1. The van der Waals surface area contributed by atoms with E-state index in [-0.39, 0.29) is 11.4 Å². The molecule has 0 saturated heterocycles. The van der Waals surface area contributed by atoms with Gasteiger partial charge < -0.3 is 14.6 Å². The number of methoxy groups -OCH3 is 1. The maximum Gasteiger partial charge on any atom is 0.264 e. The fourth-order valence-electron chi connectivity index (χ4n) is 4.04. The molecular weight excluding hydrogens is 488 g/mol. The van der Waals surface area contributed by atoms with Gasteiger partial charge in [-0.1, -0.05) is 42.0 Å². The lowest BCUT2D eigenvalue weighted by molar-refractivity contribution is -0.119. The van der Waals surface area contributed by atoms with Crippen molar-refractivity contribution in [2.24, 2.45) is 0 Å². The molecule has 0 spiro atoms. The lowest BCUT2D eigenvalue weighted by Crippen LogP contribution is -2.41. The second-order valence-corrected chi connectivity index (χ2v) is 10.6. The Balaban J connectivity index is 1.64. The first-order valence-electron chi connectivity index (χ1n) is 11.8. The maximum atomic E-state index is 13.8. The lowest BCUT2D eigenvalue weighted by Gasteiger charge is -2.26. The maximum absolute atomic E-state index is 13.8. The van der Waals surface area contributed by atoms with Crippen LogP contribution >= 0.6 is 0 Å². The predicted molar refractivity (Wildman–Crippen MR) is 144 cm³/mol. The van der Waals surface area contributed by atoms with Crippen molar-refractivity contribution in [2.45, 2.75) is 32.2 Å². The molecule has 8 nitrogen and oxygen atoms in total. The summed E-state index contributed by atoms with van der Waals surface area (Å²) in [5.74, 6) is 0.729. The lowest BCUT2D eigenvalue weighted by atomic mass is 10.1. The number of hydrogen-bond donors (Lipinski definition) is 1. The molecule has 192 valence electrons. The number of para-hydroxylation sites is 1. The van der Waals surface area contributed by atoms with E-state index in [0.29, 0.717) is 11.4 Å². The number of anilines is 1. The van der Waals surface area contributed by atoms with E-state index in [9.17, 15) is 13.2 Å². The largest absolute Gasteiger partial charge is 0.495 e. The molecule has 1 aromatic heterocycles. The number of benzene rings is 3. The molecule has 0 unspecified atom stereocenters. The van der Waals surface area contributed by atoms with E-state index in [0.717, 1.165) is 32.5 Å². The molecule has 0 atom stereocenters. The summed E-state index contributed by atoms with van der Waals surface area (Å²) < 4.78 is 36.0. The number of amides is 1. The van der Waals surface area contributed by atoms with Gasteiger partial charge in [-0.2, -0.15) is 0 Å². The van der Waals surface area contributed by atoms with Gasteiger partial charge in [-0.05, 0) is 62.2 Å². The zero-order valence-electron chi connectivity index (χ0n) is 21.3. The third-order valence-electron chi connectivity index (χ3n) is 6.05. The van der Waals surface area contributed by atoms with Crippen LogP contribution < -0.4 is 14.4 Å². The highest BCUT2D eigenvalue weighted by Crippen LogP contribution is 2.33. The summed E-state index contributed by atoms with van der Waals surface area (Å²) in [4.78, 5) is 17.6. The van der Waals surface area contributed by atoms with E-state index in [1.54, 1.807) is 42.6 Å². The molecule has 0 bridgehead atoms. The smallest absolute Gasteiger partial charge is 0.264 e. The number of nitrogens with zero attached hydrogens (tertiary/aromatic N) is 3. The average molecular weight is 519 g/mol. The molecule has 4 aromatic rings. The summed E-state index contributed by atoms with van der Waals surface area (Å²) in [5, 5.41) is 2.89. The van der Waals surface area contributed by atoms with Gasteiger partial charge in [-0.25, -0.2) is 13.4 Å². The van der Waals surface area contributed by atoms with Crippen LogP contribution in [0.4, 0.5) is 5.69 Å². The zero-order valence-corrected chi connectivity index (χ0v) is 22.1. The molecule has 0 saturated carbocycles. The molecule has 37 heavy (non-hydrogen) atoms. The van der Waals surface area contributed by atoms with E-state index in [2.05, 4.69) is 10.3 Å². The molecule has 0 fully saturated rings. The van der Waals surface area contributed by atoms with Gasteiger partial charge in [0.2, 0.25) is 5.91 Å². The predicted octanol–water partition coefficient (Wildman–Crippen LogP) is 4.32. The molecule has 3 aromatic carbocycles. The van der Waals surface area contributed by atoms with Crippen LogP contribution in [-0.4, -0.2) is 37.5 Å². The van der Waals surface area contributed by atoms with Crippen molar-refractivity contribution in [1.82, 2.24) is 14.9 Å². The Kier molecular flexibility index (Phi) is 7.63. The number of carbonyl (C=O) groups is 1. The van der Waals surface area contributed by atoms with Crippen molar-refractivity contribution in [2.75, 3.05) is 18.0 Å². The van der Waals surface area contributed by atoms with Crippen LogP contribution in [0.5, 0.6) is 5.75 Å². The first-order chi connectivity index (χ1) is 17.7. The summed E-state index contributed by atoms with van der Waals surface area (Å²) >= 11 is 0. The highest BCUT2D eigenvalue weighted by atomic mass is 32.2. The number of aromatic nitrogens is 2. The van der Waals surface area contributed by atoms with E-state index < -0.39 is 22.5 Å². The van der Waals surface area contributed by atoms with Gasteiger partial charge in [0.25, 0.3) is 10.0 Å². The van der Waals surface area contributed by atoms with Gasteiger partial charge in [-0.15, -0.1) is 0 Å². The molecule has 4 rings (SSSR count). The van der Waals surface area contributed by atoms with Crippen molar-refractivity contribution in [3.05, 3.63) is 102 Å². The van der Waals surface area contributed by atoms with Crippen molar-refractivity contribution >= 4 is 21.6 Å². The summed E-state index contributed by atoms with van der Waals surface area (Å²) in [7, 11) is -2.60. The summed E-state index contributed by atoms with van der Waals surface area (Å²) in [6.07, 6.45) is 3.57. The average Bonchev–Trinajstić information content (AvgIpc) is 3.32. The number of ether oxygens (including phenoxy) is 1. The van der Waals surface area contributed by atoms with Gasteiger partial charge >= 0.3 is 0 Å². The Morgan fingerprint density at radius 2 is 1.70 bits per heavy atom. The van der Waals surface area contributed by atoms with Crippen LogP contribution in [0.15, 0.2) is 84.0 Å². The number of aryl methyl sites for hydroxylation is 3. The molecule has 0 aliphatic heterocycles. The highest BCUT2D eigenvalue weighted by molar-refractivity contribution is 7.92. The monoisotopic (exact) mass is 518 g/mol. The second-order valence-electron chi connectivity index (χ2n) is 8.75. The highest BCUT2D eigenvalue weighted by Gasteiger charge is 2.29. The quantitative estimate of drug-likeness (QED) is 0.356. The van der Waals surface area contributed by atoms with Crippen LogP contribution in [0.25, 0.3) is 5.69 Å². The van der Waals surface area contributed by atoms with Crippen molar-refractivity contribution < 1.29 is 17.9 Å². The molecule has 0 radical (unpaired) electrons. The summed E-state index contributed by atoms with van der Waals surface area (Å²) in [5.41, 5.74) is 3.83. The summed E-state index contributed by atoms with van der Waals surface area (Å²) in [6.45, 7) is 5.44. The molecular formula is C28H30N4O4S. The van der Waals surface area contributed by atoms with Crippen LogP contribution in [-0.2, 0) is 21.4 Å². The van der Waals surface area contributed by atoms with E-state index in [4.69, 9.17) is 4.74 Å². The van der Waals surface area contributed by atoms with Gasteiger partial charge in [0.05, 0.1) is 23.4 Å². The molecule has 9 heteroatoms. The minimum Gasteiger partial charge on any atom is -0.495 e. The Labute approximate surface area is 217 Å². The van der Waals surface area contributed by atoms with Crippen molar-refractivity contribution in [3.8, 4) is 11.4 Å². The molecule has 0 aliphatic carbocycles. The van der Waals surface area contributed by atoms with Gasteiger partial charge in [0.15, 0.2) is 0 Å². The van der Waals surface area contributed by atoms with E-state index in [1.165, 1.54) is 7.11 Å². The number of sulfonamides is 1. The Morgan fingerprint density at radius 3 is 2.38 bits per heavy atom.